The van der Waals surface area contributed by atoms with Crippen molar-refractivity contribution in [1.29, 1.82) is 0 Å². The highest BCUT2D eigenvalue weighted by Gasteiger charge is 2.24. The summed E-state index contributed by atoms with van der Waals surface area (Å²) in [6, 6.07) is 8.37. The first kappa shape index (κ1) is 24.6. The monoisotopic (exact) mass is 483 g/mol. The average molecular weight is 484 g/mol. The van der Waals surface area contributed by atoms with Crippen molar-refractivity contribution in [1.82, 2.24) is 0 Å². The van der Waals surface area contributed by atoms with Gasteiger partial charge in [-0.1, -0.05) is 29.3 Å². The number of carbonyl (C=O) groups excluding carboxylic acids is 2. The molecule has 3 aromatic rings. The van der Waals surface area contributed by atoms with Gasteiger partial charge in [0.2, 0.25) is 0 Å². The lowest BCUT2D eigenvalue weighted by atomic mass is 10.0. The molecule has 164 valence electrons. The fourth-order valence-corrected chi connectivity index (χ4v) is 4.09. The molecule has 0 aliphatic heterocycles. The van der Waals surface area contributed by atoms with Crippen LogP contribution in [0.25, 0.3) is 0 Å². The van der Waals surface area contributed by atoms with E-state index < -0.39 is 12.1 Å². The van der Waals surface area contributed by atoms with Gasteiger partial charge in [-0.2, -0.15) is 0 Å². The Bertz CT molecular complexity index is 1050. The van der Waals surface area contributed by atoms with E-state index in [1.54, 1.807) is 42.7 Å². The summed E-state index contributed by atoms with van der Waals surface area (Å²) in [5, 5.41) is 0.840. The Balaban J connectivity index is 0.00000341. The van der Waals surface area contributed by atoms with E-state index in [4.69, 9.17) is 37.4 Å². The molecule has 1 aromatic carbocycles. The molecule has 0 aliphatic rings. The fraction of sp³-hybridized carbons (Fsp3) is 0.190. The molecule has 2 N–H and O–H groups in total. The minimum atomic E-state index is -0.712. The molecule has 0 radical (unpaired) electrons. The van der Waals surface area contributed by atoms with Crippen molar-refractivity contribution in [2.75, 3.05) is 14.2 Å². The third kappa shape index (κ3) is 5.74. The topological polar surface area (TPSA) is 106 Å². The van der Waals surface area contributed by atoms with E-state index >= 15 is 0 Å². The van der Waals surface area contributed by atoms with E-state index in [2.05, 4.69) is 4.98 Å². The molecule has 0 saturated carbocycles. The van der Waals surface area contributed by atoms with Crippen LogP contribution >= 0.6 is 34.5 Å². The van der Waals surface area contributed by atoms with Gasteiger partial charge in [-0.25, -0.2) is 9.78 Å². The fourth-order valence-electron chi connectivity index (χ4n) is 2.85. The highest BCUT2D eigenvalue weighted by molar-refractivity contribution is 7.15. The number of H-pyrrole nitrogens is 1. The number of halogens is 2. The van der Waals surface area contributed by atoms with Crippen LogP contribution in [-0.4, -0.2) is 32.0 Å². The number of aromatic amines is 1. The highest BCUT2D eigenvalue weighted by Crippen LogP contribution is 2.35. The largest absolute Gasteiger partial charge is 0.870 e. The molecule has 0 saturated heterocycles. The first-order valence-corrected chi connectivity index (χ1v) is 10.4. The maximum atomic E-state index is 12.7. The van der Waals surface area contributed by atoms with Crippen LogP contribution in [0.4, 0.5) is 0 Å². The molecule has 0 bridgehead atoms. The number of thiophene rings is 1. The molecule has 0 aliphatic carbocycles. The maximum Gasteiger partial charge on any atom is 0.348 e. The molecular formula is C21H19Cl2NO6S. The lowest BCUT2D eigenvalue weighted by Gasteiger charge is -2.20. The van der Waals surface area contributed by atoms with E-state index in [0.717, 1.165) is 11.3 Å². The number of benzene rings is 1. The Labute approximate surface area is 192 Å². The second-order valence-electron chi connectivity index (χ2n) is 6.16. The van der Waals surface area contributed by atoms with E-state index in [0.29, 0.717) is 48.7 Å². The van der Waals surface area contributed by atoms with Gasteiger partial charge in [0.25, 0.3) is 0 Å². The Morgan fingerprint density at radius 2 is 1.77 bits per heavy atom. The van der Waals surface area contributed by atoms with Crippen LogP contribution in [0.3, 0.4) is 0 Å². The summed E-state index contributed by atoms with van der Waals surface area (Å²) in [7, 11) is 3.06. The SMILES string of the molecule is COc1ccc([C@H](Cc2c(Cl)c[nH+]cc2Cl)OC(=O)c2ccc(C=O)s2)cc1OC.[OH-]. The summed E-state index contributed by atoms with van der Waals surface area (Å²) < 4.78 is 16.5. The quantitative estimate of drug-likeness (QED) is 0.340. The van der Waals surface area contributed by atoms with Crippen molar-refractivity contribution in [3.63, 3.8) is 0 Å². The summed E-state index contributed by atoms with van der Waals surface area (Å²) in [5.74, 6) is 0.488. The molecule has 0 unspecified atom stereocenters. The molecule has 1 atom stereocenters. The predicted molar refractivity (Wildman–Crippen MR) is 116 cm³/mol. The summed E-state index contributed by atoms with van der Waals surface area (Å²) in [4.78, 5) is 27.3. The molecule has 0 fully saturated rings. The summed E-state index contributed by atoms with van der Waals surface area (Å²) in [5.41, 5.74) is 1.30. The van der Waals surface area contributed by atoms with Gasteiger partial charge in [-0.15, -0.1) is 11.3 Å². The first-order chi connectivity index (χ1) is 14.5. The Morgan fingerprint density at radius 3 is 2.35 bits per heavy atom. The van der Waals surface area contributed by atoms with Gasteiger partial charge >= 0.3 is 5.97 Å². The van der Waals surface area contributed by atoms with Crippen LogP contribution in [0.15, 0.2) is 42.7 Å². The van der Waals surface area contributed by atoms with Crippen molar-refractivity contribution in [2.24, 2.45) is 0 Å². The molecule has 31 heavy (non-hydrogen) atoms. The number of aromatic nitrogens is 1. The van der Waals surface area contributed by atoms with Crippen molar-refractivity contribution in [3.8, 4) is 11.5 Å². The van der Waals surface area contributed by atoms with Gasteiger partial charge in [0.05, 0.1) is 19.1 Å². The number of esters is 1. The van der Waals surface area contributed by atoms with Gasteiger partial charge in [0.1, 0.15) is 21.0 Å². The van der Waals surface area contributed by atoms with Crippen LogP contribution in [0.2, 0.25) is 10.0 Å². The van der Waals surface area contributed by atoms with Crippen molar-refractivity contribution >= 4 is 46.8 Å². The Kier molecular flexibility index (Phi) is 8.82. The maximum absolute atomic E-state index is 12.7. The van der Waals surface area contributed by atoms with Gasteiger partial charge in [0.15, 0.2) is 30.2 Å². The number of nitrogens with one attached hydrogen (secondary N) is 1. The van der Waals surface area contributed by atoms with Gasteiger partial charge in [-0.3, -0.25) is 4.79 Å². The van der Waals surface area contributed by atoms with Gasteiger partial charge < -0.3 is 19.7 Å². The standard InChI is InChI=1S/C21H17Cl2NO5S.H2O/c1-27-17-5-3-12(7-19(17)28-2)18(8-14-15(22)9-24-10-16(14)23)29-21(26)20-6-4-13(11-25)30-20;/h3-7,9-11,18H,8H2,1-2H3;1H2/t18-;/m0./s1. The summed E-state index contributed by atoms with van der Waals surface area (Å²) in [6.45, 7) is 0. The molecule has 2 aromatic heterocycles. The molecule has 0 amide bonds. The van der Waals surface area contributed by atoms with E-state index in [1.807, 2.05) is 0 Å². The average Bonchev–Trinajstić information content (AvgIpc) is 3.24. The van der Waals surface area contributed by atoms with Crippen LogP contribution in [0.5, 0.6) is 11.5 Å². The second-order valence-corrected chi connectivity index (χ2v) is 8.09. The lowest BCUT2D eigenvalue weighted by molar-refractivity contribution is -0.377. The molecular weight excluding hydrogens is 465 g/mol. The number of carbonyl (C=O) groups is 2. The number of hydrogen-bond donors (Lipinski definition) is 0. The molecule has 3 rings (SSSR count). The van der Waals surface area contributed by atoms with Crippen LogP contribution in [0, 0.1) is 0 Å². The van der Waals surface area contributed by atoms with Crippen LogP contribution < -0.4 is 14.5 Å². The molecule has 7 nitrogen and oxygen atoms in total. The predicted octanol–water partition coefficient (Wildman–Crippen LogP) is 4.66. The minimum Gasteiger partial charge on any atom is -0.870 e. The zero-order valence-electron chi connectivity index (χ0n) is 16.6. The number of hydrogen-bond acceptors (Lipinski definition) is 7. The Morgan fingerprint density at radius 1 is 1.10 bits per heavy atom. The smallest absolute Gasteiger partial charge is 0.348 e. The number of aldehydes is 1. The zero-order chi connectivity index (χ0) is 21.7. The lowest BCUT2D eigenvalue weighted by Crippen LogP contribution is -2.15. The number of pyridine rings is 1. The van der Waals surface area contributed by atoms with Crippen molar-refractivity contribution in [2.45, 2.75) is 12.5 Å². The third-order valence-corrected chi connectivity index (χ3v) is 6.02. The number of rotatable bonds is 8. The summed E-state index contributed by atoms with van der Waals surface area (Å²) >= 11 is 13.7. The van der Waals surface area contributed by atoms with Gasteiger partial charge in [0, 0.05) is 12.0 Å². The highest BCUT2D eigenvalue weighted by atomic mass is 35.5. The number of methoxy groups -OCH3 is 2. The minimum absolute atomic E-state index is 0. The van der Waals surface area contributed by atoms with Crippen LogP contribution in [0.1, 0.15) is 36.6 Å². The van der Waals surface area contributed by atoms with E-state index in [-0.39, 0.29) is 11.9 Å². The van der Waals surface area contributed by atoms with Gasteiger partial charge in [-0.05, 0) is 29.8 Å². The molecule has 0 spiro atoms. The third-order valence-electron chi connectivity index (χ3n) is 4.36. The van der Waals surface area contributed by atoms with Crippen molar-refractivity contribution < 1.29 is 34.3 Å². The molecule has 2 heterocycles. The van der Waals surface area contributed by atoms with E-state index in [1.165, 1.54) is 14.2 Å². The van der Waals surface area contributed by atoms with E-state index in [9.17, 15) is 9.59 Å². The normalized spacial score (nSPS) is 11.2. The second kappa shape index (κ2) is 11.1. The summed E-state index contributed by atoms with van der Waals surface area (Å²) in [6.07, 6.45) is 3.42. The molecule has 10 heteroatoms. The Hall–Kier alpha value is -2.65. The zero-order valence-corrected chi connectivity index (χ0v) is 18.9. The van der Waals surface area contributed by atoms with Crippen LogP contribution in [-0.2, 0) is 11.2 Å². The first-order valence-electron chi connectivity index (χ1n) is 8.78. The van der Waals surface area contributed by atoms with Crippen molar-refractivity contribution in [3.05, 3.63) is 73.7 Å². The number of ether oxygens (including phenoxy) is 3.